The second-order valence-electron chi connectivity index (χ2n) is 4.46. The number of hydrogen-bond donors (Lipinski definition) is 5. The van der Waals surface area contributed by atoms with Crippen LogP contribution in [0.15, 0.2) is 0 Å². The molecule has 1 aromatic heterocycles. The SMILES string of the molecule is CCNc1nc(NCC(N)C(=O)O)nc(NC(C)C)n1. The number of anilines is 3. The molecule has 1 heterocycles. The van der Waals surface area contributed by atoms with Crippen LogP contribution in [0.5, 0.6) is 0 Å². The zero-order valence-electron chi connectivity index (χ0n) is 11.8. The molecule has 6 N–H and O–H groups in total. The summed E-state index contributed by atoms with van der Waals surface area (Å²) in [4.78, 5) is 23.1. The summed E-state index contributed by atoms with van der Waals surface area (Å²) in [6.07, 6.45) is 0. The molecule has 0 fully saturated rings. The van der Waals surface area contributed by atoms with Crippen molar-refractivity contribution in [1.82, 2.24) is 15.0 Å². The highest BCUT2D eigenvalue weighted by molar-refractivity contribution is 5.73. The van der Waals surface area contributed by atoms with E-state index in [-0.39, 0.29) is 18.5 Å². The van der Waals surface area contributed by atoms with Gasteiger partial charge in [-0.3, -0.25) is 4.79 Å². The summed E-state index contributed by atoms with van der Waals surface area (Å²) in [7, 11) is 0. The molecule has 9 heteroatoms. The Hall–Kier alpha value is -2.16. The maximum atomic E-state index is 10.7. The molecule has 0 aliphatic rings. The number of aromatic nitrogens is 3. The standard InChI is InChI=1S/C11H21N7O2/c1-4-13-9-16-10(14-5-7(12)8(19)20)18-11(17-9)15-6(2)3/h6-7H,4-5,12H2,1-3H3,(H,19,20)(H3,13,14,15,16,17,18). The quantitative estimate of drug-likeness (QED) is 0.444. The van der Waals surface area contributed by atoms with Crippen LogP contribution in [-0.4, -0.2) is 51.2 Å². The molecule has 0 saturated heterocycles. The molecule has 20 heavy (non-hydrogen) atoms. The van der Waals surface area contributed by atoms with Gasteiger partial charge in [0.05, 0.1) is 0 Å². The van der Waals surface area contributed by atoms with E-state index in [1.165, 1.54) is 0 Å². The van der Waals surface area contributed by atoms with Crippen LogP contribution in [0.4, 0.5) is 17.8 Å². The molecular formula is C11H21N7O2. The summed E-state index contributed by atoms with van der Waals surface area (Å²) in [6.45, 7) is 6.55. The minimum Gasteiger partial charge on any atom is -0.480 e. The van der Waals surface area contributed by atoms with E-state index >= 15 is 0 Å². The van der Waals surface area contributed by atoms with Gasteiger partial charge in [-0.15, -0.1) is 0 Å². The molecule has 0 amide bonds. The van der Waals surface area contributed by atoms with Gasteiger partial charge in [-0.2, -0.15) is 15.0 Å². The predicted octanol–water partition coefficient (Wildman–Crippen LogP) is -0.0525. The molecule has 1 aromatic rings. The Morgan fingerprint density at radius 2 is 1.75 bits per heavy atom. The summed E-state index contributed by atoms with van der Waals surface area (Å²) in [5.74, 6) is 0.0178. The van der Waals surface area contributed by atoms with Crippen LogP contribution in [0.1, 0.15) is 20.8 Å². The van der Waals surface area contributed by atoms with Crippen LogP contribution in [-0.2, 0) is 4.79 Å². The van der Waals surface area contributed by atoms with Crippen molar-refractivity contribution in [2.24, 2.45) is 5.73 Å². The molecule has 0 spiro atoms. The number of carboxylic acids is 1. The molecular weight excluding hydrogens is 262 g/mol. The van der Waals surface area contributed by atoms with E-state index in [0.717, 1.165) is 0 Å². The first-order valence-electron chi connectivity index (χ1n) is 6.41. The summed E-state index contributed by atoms with van der Waals surface area (Å²) >= 11 is 0. The number of hydrogen-bond acceptors (Lipinski definition) is 8. The van der Waals surface area contributed by atoms with Gasteiger partial charge >= 0.3 is 5.97 Å². The van der Waals surface area contributed by atoms with Gasteiger partial charge in [0.1, 0.15) is 6.04 Å². The van der Waals surface area contributed by atoms with E-state index in [2.05, 4.69) is 30.9 Å². The molecule has 1 rings (SSSR count). The van der Waals surface area contributed by atoms with Crippen LogP contribution in [0.3, 0.4) is 0 Å². The molecule has 0 bridgehead atoms. The summed E-state index contributed by atoms with van der Waals surface area (Å²) < 4.78 is 0. The van der Waals surface area contributed by atoms with Crippen LogP contribution in [0.2, 0.25) is 0 Å². The second kappa shape index (κ2) is 7.43. The molecule has 1 atom stereocenters. The smallest absolute Gasteiger partial charge is 0.322 e. The van der Waals surface area contributed by atoms with Gasteiger partial charge in [0.15, 0.2) is 0 Å². The molecule has 112 valence electrons. The summed E-state index contributed by atoms with van der Waals surface area (Å²) in [6, 6.07) is -0.850. The second-order valence-corrected chi connectivity index (χ2v) is 4.46. The van der Waals surface area contributed by atoms with E-state index in [4.69, 9.17) is 10.8 Å². The van der Waals surface area contributed by atoms with Crippen LogP contribution < -0.4 is 21.7 Å². The average molecular weight is 283 g/mol. The largest absolute Gasteiger partial charge is 0.480 e. The molecule has 0 aromatic carbocycles. The van der Waals surface area contributed by atoms with Crippen LogP contribution in [0.25, 0.3) is 0 Å². The van der Waals surface area contributed by atoms with Crippen molar-refractivity contribution in [1.29, 1.82) is 0 Å². The third-order valence-corrected chi connectivity index (χ3v) is 2.19. The fourth-order valence-corrected chi connectivity index (χ4v) is 1.30. The van der Waals surface area contributed by atoms with Gasteiger partial charge < -0.3 is 26.8 Å². The fraction of sp³-hybridized carbons (Fsp3) is 0.636. The number of nitrogens with one attached hydrogen (secondary N) is 3. The average Bonchev–Trinajstić information content (AvgIpc) is 2.35. The van der Waals surface area contributed by atoms with Crippen molar-refractivity contribution < 1.29 is 9.90 Å². The van der Waals surface area contributed by atoms with Gasteiger partial charge in [-0.1, -0.05) is 0 Å². The van der Waals surface area contributed by atoms with Crippen molar-refractivity contribution in [3.05, 3.63) is 0 Å². The highest BCUT2D eigenvalue weighted by Gasteiger charge is 2.13. The van der Waals surface area contributed by atoms with E-state index < -0.39 is 12.0 Å². The first kappa shape index (κ1) is 15.9. The van der Waals surface area contributed by atoms with Gasteiger partial charge in [0, 0.05) is 19.1 Å². The Balaban J connectivity index is 2.82. The van der Waals surface area contributed by atoms with Gasteiger partial charge in [-0.05, 0) is 20.8 Å². The van der Waals surface area contributed by atoms with Crippen molar-refractivity contribution >= 4 is 23.8 Å². The lowest BCUT2D eigenvalue weighted by Gasteiger charge is -2.13. The van der Waals surface area contributed by atoms with E-state index in [1.807, 2.05) is 20.8 Å². The molecule has 0 aliphatic heterocycles. The van der Waals surface area contributed by atoms with Crippen LogP contribution in [0, 0.1) is 0 Å². The Bertz CT molecular complexity index is 452. The van der Waals surface area contributed by atoms with E-state index in [0.29, 0.717) is 18.4 Å². The first-order chi connectivity index (χ1) is 9.42. The monoisotopic (exact) mass is 283 g/mol. The minimum atomic E-state index is -1.08. The molecule has 1 unspecified atom stereocenters. The Kier molecular flexibility index (Phi) is 5.91. The maximum absolute atomic E-state index is 10.7. The number of nitrogens with two attached hydrogens (primary N) is 1. The first-order valence-corrected chi connectivity index (χ1v) is 6.41. The minimum absolute atomic E-state index is 0.0338. The number of nitrogens with zero attached hydrogens (tertiary/aromatic N) is 3. The topological polar surface area (TPSA) is 138 Å². The summed E-state index contributed by atoms with van der Waals surface area (Å²) in [5, 5.41) is 17.6. The highest BCUT2D eigenvalue weighted by Crippen LogP contribution is 2.10. The Labute approximate surface area is 117 Å². The lowest BCUT2D eigenvalue weighted by Crippen LogP contribution is -2.37. The van der Waals surface area contributed by atoms with Crippen LogP contribution >= 0.6 is 0 Å². The predicted molar refractivity (Wildman–Crippen MR) is 76.9 cm³/mol. The zero-order valence-corrected chi connectivity index (χ0v) is 11.8. The van der Waals surface area contributed by atoms with Crippen molar-refractivity contribution in [3.63, 3.8) is 0 Å². The zero-order chi connectivity index (χ0) is 15.1. The van der Waals surface area contributed by atoms with Crippen molar-refractivity contribution in [2.45, 2.75) is 32.9 Å². The fourth-order valence-electron chi connectivity index (χ4n) is 1.30. The molecule has 0 saturated carbocycles. The lowest BCUT2D eigenvalue weighted by molar-refractivity contribution is -0.138. The normalized spacial score (nSPS) is 12.1. The van der Waals surface area contributed by atoms with E-state index in [9.17, 15) is 4.79 Å². The van der Waals surface area contributed by atoms with E-state index in [1.54, 1.807) is 0 Å². The maximum Gasteiger partial charge on any atom is 0.322 e. The summed E-state index contributed by atoms with van der Waals surface area (Å²) in [5.41, 5.74) is 5.42. The Morgan fingerprint density at radius 1 is 1.20 bits per heavy atom. The third kappa shape index (κ3) is 5.22. The van der Waals surface area contributed by atoms with Gasteiger partial charge in [0.25, 0.3) is 0 Å². The lowest BCUT2D eigenvalue weighted by atomic mass is 10.3. The molecule has 0 aliphatic carbocycles. The van der Waals surface area contributed by atoms with Gasteiger partial charge in [-0.25, -0.2) is 0 Å². The number of carbonyl (C=O) groups is 1. The number of rotatable bonds is 8. The van der Waals surface area contributed by atoms with Crippen molar-refractivity contribution in [2.75, 3.05) is 29.0 Å². The highest BCUT2D eigenvalue weighted by atomic mass is 16.4. The van der Waals surface area contributed by atoms with Gasteiger partial charge in [0.2, 0.25) is 17.8 Å². The third-order valence-electron chi connectivity index (χ3n) is 2.19. The number of carboxylic acid groups (broad SMARTS) is 1. The molecule has 9 nitrogen and oxygen atoms in total. The number of aliphatic carboxylic acids is 1. The Morgan fingerprint density at radius 3 is 2.25 bits per heavy atom. The molecule has 0 radical (unpaired) electrons. The van der Waals surface area contributed by atoms with Crippen molar-refractivity contribution in [3.8, 4) is 0 Å².